The number of benzene rings is 1. The van der Waals surface area contributed by atoms with Crippen molar-refractivity contribution in [3.63, 3.8) is 0 Å². The van der Waals surface area contributed by atoms with Crippen molar-refractivity contribution < 1.29 is 27.2 Å². The van der Waals surface area contributed by atoms with Crippen LogP contribution in [0.3, 0.4) is 0 Å². The summed E-state index contributed by atoms with van der Waals surface area (Å²) < 4.78 is 56.5. The number of halogens is 4. The molecule has 218 valence electrons. The smallest absolute Gasteiger partial charge is 0.367 e. The molecule has 2 fully saturated rings. The number of hydrogen-bond acceptors (Lipinski definition) is 7. The maximum Gasteiger partial charge on any atom is 0.414 e. The topological polar surface area (TPSA) is 103 Å². The first-order valence-electron chi connectivity index (χ1n) is 13.6. The predicted octanol–water partition coefficient (Wildman–Crippen LogP) is 4.43. The fourth-order valence-electron chi connectivity index (χ4n) is 5.33. The second-order valence-corrected chi connectivity index (χ2v) is 10.6. The Morgan fingerprint density at radius 1 is 1.02 bits per heavy atom. The summed E-state index contributed by atoms with van der Waals surface area (Å²) in [5.74, 6) is -4.13. The van der Waals surface area contributed by atoms with E-state index in [4.69, 9.17) is 0 Å². The number of piperazine rings is 1. The zero-order chi connectivity index (χ0) is 29.1. The van der Waals surface area contributed by atoms with Gasteiger partial charge in [0.25, 0.3) is 5.91 Å². The normalized spacial score (nSPS) is 20.6. The third-order valence-electron chi connectivity index (χ3n) is 7.66. The molecule has 3 heterocycles. The average molecular weight is 574 g/mol. The van der Waals surface area contributed by atoms with Crippen molar-refractivity contribution in [2.75, 3.05) is 48.8 Å². The lowest BCUT2D eigenvalue weighted by molar-refractivity contribution is -0.124. The summed E-state index contributed by atoms with van der Waals surface area (Å²) in [5, 5.41) is 5.86. The average Bonchev–Trinajstić information content (AvgIpc) is 2.95. The van der Waals surface area contributed by atoms with Crippen molar-refractivity contribution >= 4 is 35.4 Å². The summed E-state index contributed by atoms with van der Waals surface area (Å²) >= 11 is 0. The molecule has 0 spiro atoms. The number of hydrogen-bond donors (Lipinski definition) is 2. The Morgan fingerprint density at radius 2 is 1.71 bits per heavy atom. The molecule has 2 N–H and O–H groups in total. The van der Waals surface area contributed by atoms with Crippen molar-refractivity contribution in [2.45, 2.75) is 44.3 Å². The van der Waals surface area contributed by atoms with Crippen molar-refractivity contribution in [1.29, 1.82) is 0 Å². The quantitative estimate of drug-likeness (QED) is 0.493. The van der Waals surface area contributed by atoms with Gasteiger partial charge in [-0.1, -0.05) is 19.3 Å². The van der Waals surface area contributed by atoms with Gasteiger partial charge in [-0.2, -0.15) is 13.2 Å². The molecule has 2 aliphatic heterocycles. The number of nitrogens with zero attached hydrogens (tertiary/aromatic N) is 5. The number of anilines is 3. The third-order valence-corrected chi connectivity index (χ3v) is 7.66. The number of amides is 2. The van der Waals surface area contributed by atoms with Gasteiger partial charge in [-0.25, -0.2) is 19.4 Å². The Morgan fingerprint density at radius 3 is 2.37 bits per heavy atom. The number of carbonyl (C=O) groups is 2. The molecule has 0 bridgehead atoms. The van der Waals surface area contributed by atoms with Crippen LogP contribution in [-0.4, -0.2) is 78.3 Å². The molecule has 2 amide bonds. The lowest BCUT2D eigenvalue weighted by Gasteiger charge is -2.35. The molecule has 9 nitrogen and oxygen atoms in total. The Bertz CT molecular complexity index is 1350. The van der Waals surface area contributed by atoms with E-state index in [1.54, 1.807) is 0 Å². The molecule has 0 radical (unpaired) electrons. The first kappa shape index (κ1) is 28.7. The minimum Gasteiger partial charge on any atom is -0.367 e. The summed E-state index contributed by atoms with van der Waals surface area (Å²) in [6, 6.07) is 2.93. The van der Waals surface area contributed by atoms with Gasteiger partial charge in [0.15, 0.2) is 0 Å². The van der Waals surface area contributed by atoms with Crippen LogP contribution in [-0.2, 0) is 9.59 Å². The number of rotatable bonds is 6. The molecule has 5 rings (SSSR count). The van der Waals surface area contributed by atoms with E-state index < -0.39 is 35.3 Å². The highest BCUT2D eigenvalue weighted by atomic mass is 19.4. The lowest BCUT2D eigenvalue weighted by atomic mass is 9.95. The summed E-state index contributed by atoms with van der Waals surface area (Å²) in [7, 11) is 1.95. The molecular weight excluding hydrogens is 542 g/mol. The molecule has 1 saturated carbocycles. The number of nitrogens with one attached hydrogen (secondary N) is 2. The van der Waals surface area contributed by atoms with E-state index >= 15 is 4.39 Å². The Kier molecular flexibility index (Phi) is 8.34. The van der Waals surface area contributed by atoms with Gasteiger partial charge in [0.1, 0.15) is 11.7 Å². The van der Waals surface area contributed by atoms with Crippen LogP contribution in [0, 0.1) is 11.7 Å². The number of aliphatic imine (C=N–C) groups is 1. The molecule has 1 atom stereocenters. The number of aromatic nitrogens is 2. The van der Waals surface area contributed by atoms with E-state index in [1.165, 1.54) is 30.9 Å². The Labute approximate surface area is 234 Å². The SMILES string of the molecule is CN1CCN(c2cc(F)c(-c3cnc(NC4CCCCC4)nc3)cc2NC(=O)C2C=NC(=O)C=C2C(F)(F)F)CC1. The second kappa shape index (κ2) is 11.9. The minimum absolute atomic E-state index is 0.0847. The fourth-order valence-corrected chi connectivity index (χ4v) is 5.33. The van der Waals surface area contributed by atoms with E-state index in [-0.39, 0.29) is 17.3 Å². The van der Waals surface area contributed by atoms with E-state index in [2.05, 4.69) is 30.5 Å². The number of dihydropyridines is 1. The number of alkyl halides is 3. The van der Waals surface area contributed by atoms with Gasteiger partial charge in [0.05, 0.1) is 16.9 Å². The lowest BCUT2D eigenvalue weighted by Crippen LogP contribution is -2.45. The zero-order valence-corrected chi connectivity index (χ0v) is 22.5. The molecule has 1 unspecified atom stereocenters. The fraction of sp³-hybridized carbons (Fsp3) is 0.464. The molecule has 1 aliphatic carbocycles. The highest BCUT2D eigenvalue weighted by Gasteiger charge is 2.43. The molecule has 1 saturated heterocycles. The van der Waals surface area contributed by atoms with E-state index in [0.717, 1.165) is 25.7 Å². The van der Waals surface area contributed by atoms with Crippen LogP contribution in [0.2, 0.25) is 0 Å². The van der Waals surface area contributed by atoms with E-state index in [0.29, 0.717) is 55.7 Å². The monoisotopic (exact) mass is 573 g/mol. The standard InChI is InChI=1S/C28H31F4N7O2/c1-38-7-9-39(10-8-38)24-13-22(29)19(17-14-34-27(35-15-17)36-18-5-3-2-4-6-18)11-23(24)37-26(41)20-16-33-25(40)12-21(20)28(30,31)32/h11-16,18,20H,2-10H2,1H3,(H,37,41)(H,34,35,36). The van der Waals surface area contributed by atoms with Crippen LogP contribution >= 0.6 is 0 Å². The first-order valence-corrected chi connectivity index (χ1v) is 13.6. The summed E-state index contributed by atoms with van der Waals surface area (Å²) in [6.45, 7) is 2.41. The Balaban J connectivity index is 1.45. The predicted molar refractivity (Wildman–Crippen MR) is 147 cm³/mol. The van der Waals surface area contributed by atoms with Crippen molar-refractivity contribution in [3.8, 4) is 11.1 Å². The van der Waals surface area contributed by atoms with Crippen molar-refractivity contribution in [3.05, 3.63) is 42.0 Å². The van der Waals surface area contributed by atoms with Gasteiger partial charge in [0.2, 0.25) is 11.9 Å². The van der Waals surface area contributed by atoms with E-state index in [1.807, 2.05) is 11.9 Å². The summed E-state index contributed by atoms with van der Waals surface area (Å²) in [6.07, 6.45) is 4.58. The molecule has 2 aromatic rings. The molecule has 1 aromatic carbocycles. The van der Waals surface area contributed by atoms with Crippen LogP contribution in [0.1, 0.15) is 32.1 Å². The van der Waals surface area contributed by atoms with Crippen LogP contribution in [0.25, 0.3) is 11.1 Å². The zero-order valence-electron chi connectivity index (χ0n) is 22.5. The van der Waals surface area contributed by atoms with Gasteiger partial charge in [-0.15, -0.1) is 0 Å². The maximum absolute atomic E-state index is 15.5. The molecule has 41 heavy (non-hydrogen) atoms. The summed E-state index contributed by atoms with van der Waals surface area (Å²) in [5.41, 5.74) is -0.412. The van der Waals surface area contributed by atoms with Crippen LogP contribution in [0.15, 0.2) is 41.2 Å². The molecule has 1 aromatic heterocycles. The van der Waals surface area contributed by atoms with Gasteiger partial charge < -0.3 is 20.4 Å². The molecular formula is C28H31F4N7O2. The van der Waals surface area contributed by atoms with Gasteiger partial charge >= 0.3 is 6.18 Å². The van der Waals surface area contributed by atoms with Crippen molar-refractivity contribution in [1.82, 2.24) is 14.9 Å². The molecule has 3 aliphatic rings. The largest absolute Gasteiger partial charge is 0.414 e. The third kappa shape index (κ3) is 6.72. The van der Waals surface area contributed by atoms with E-state index in [9.17, 15) is 22.8 Å². The number of carbonyl (C=O) groups excluding carboxylic acids is 2. The minimum atomic E-state index is -4.91. The first-order chi connectivity index (χ1) is 19.6. The highest BCUT2D eigenvalue weighted by molar-refractivity contribution is 6.11. The second-order valence-electron chi connectivity index (χ2n) is 10.6. The van der Waals surface area contributed by atoms with Crippen LogP contribution in [0.4, 0.5) is 34.9 Å². The van der Waals surface area contributed by atoms with Crippen LogP contribution < -0.4 is 15.5 Å². The molecule has 13 heteroatoms. The van der Waals surface area contributed by atoms with Crippen molar-refractivity contribution in [2.24, 2.45) is 10.9 Å². The van der Waals surface area contributed by atoms with Gasteiger partial charge in [-0.3, -0.25) is 9.59 Å². The maximum atomic E-state index is 15.5. The van der Waals surface area contributed by atoms with Crippen LogP contribution in [0.5, 0.6) is 0 Å². The highest BCUT2D eigenvalue weighted by Crippen LogP contribution is 2.37. The number of likely N-dealkylation sites (N-methyl/N-ethyl adjacent to an activating group) is 1. The van der Waals surface area contributed by atoms with Gasteiger partial charge in [0, 0.05) is 68.0 Å². The summed E-state index contributed by atoms with van der Waals surface area (Å²) in [4.78, 5) is 40.8. The van der Waals surface area contributed by atoms with Gasteiger partial charge in [-0.05, 0) is 32.0 Å². The Hall–Kier alpha value is -3.87.